The standard InChI is InChI=1S/C23H27F3N6O2/c24-23(25,26)17-3-1-2-15(12-17)14-32-10-7-22(6-9-27,8-11-32)30-13-18(20(29)33)19(28)31-21(34)16-4-5-16/h1-3,12-13,16,30H,4-8,10-11,14H2,(H2,29,33)(H2,28,31,34)/b18-13+. The first-order chi connectivity index (χ1) is 16.0. The van der Waals surface area contributed by atoms with Gasteiger partial charge in [0, 0.05) is 31.8 Å². The summed E-state index contributed by atoms with van der Waals surface area (Å²) < 4.78 is 38.9. The van der Waals surface area contributed by atoms with Crippen LogP contribution in [0.3, 0.4) is 0 Å². The molecule has 34 heavy (non-hydrogen) atoms. The van der Waals surface area contributed by atoms with Crippen molar-refractivity contribution < 1.29 is 22.8 Å². The predicted molar refractivity (Wildman–Crippen MR) is 119 cm³/mol. The second-order valence-corrected chi connectivity index (χ2v) is 8.77. The minimum atomic E-state index is -4.40. The maximum Gasteiger partial charge on any atom is 0.416 e. The summed E-state index contributed by atoms with van der Waals surface area (Å²) in [6.07, 6.45) is -0.480. The number of hydrogen-bond donors (Lipinski definition) is 3. The monoisotopic (exact) mass is 476 g/mol. The van der Waals surface area contributed by atoms with E-state index in [0.717, 1.165) is 25.0 Å². The van der Waals surface area contributed by atoms with Gasteiger partial charge in [-0.3, -0.25) is 14.5 Å². The van der Waals surface area contributed by atoms with Crippen LogP contribution in [0.15, 0.2) is 41.0 Å². The van der Waals surface area contributed by atoms with Crippen molar-refractivity contribution in [3.63, 3.8) is 0 Å². The molecule has 1 aromatic rings. The number of amides is 2. The number of alkyl halides is 3. The molecule has 0 aromatic heterocycles. The highest BCUT2D eigenvalue weighted by Crippen LogP contribution is 2.31. The number of rotatable bonds is 8. The Kier molecular flexibility index (Phi) is 7.61. The molecule has 0 radical (unpaired) electrons. The van der Waals surface area contributed by atoms with E-state index in [4.69, 9.17) is 11.5 Å². The van der Waals surface area contributed by atoms with Gasteiger partial charge in [0.2, 0.25) is 0 Å². The smallest absolute Gasteiger partial charge is 0.384 e. The van der Waals surface area contributed by atoms with E-state index in [1.54, 1.807) is 6.07 Å². The first kappa shape index (κ1) is 25.2. The number of likely N-dealkylation sites (tertiary alicyclic amines) is 1. The Bertz CT molecular complexity index is 1030. The number of hydrogen-bond acceptors (Lipinski definition) is 5. The van der Waals surface area contributed by atoms with Gasteiger partial charge in [0.05, 0.1) is 29.2 Å². The van der Waals surface area contributed by atoms with E-state index >= 15 is 0 Å². The number of amidine groups is 1. The Morgan fingerprint density at radius 2 is 1.94 bits per heavy atom. The molecule has 1 saturated carbocycles. The summed E-state index contributed by atoms with van der Waals surface area (Å²) in [5.74, 6) is -1.68. The zero-order valence-electron chi connectivity index (χ0n) is 18.6. The average Bonchev–Trinajstić information content (AvgIpc) is 3.61. The third kappa shape index (κ3) is 6.57. The van der Waals surface area contributed by atoms with Crippen LogP contribution >= 0.6 is 0 Å². The molecule has 1 heterocycles. The van der Waals surface area contributed by atoms with Gasteiger partial charge in [-0.25, -0.2) is 0 Å². The molecule has 1 aliphatic carbocycles. The Labute approximate surface area is 195 Å². The molecule has 0 bridgehead atoms. The fourth-order valence-corrected chi connectivity index (χ4v) is 3.86. The number of piperidine rings is 1. The number of carbonyl (C=O) groups excluding carboxylic acids is 2. The number of primary amides is 1. The molecule has 5 N–H and O–H groups in total. The molecule has 1 aliphatic heterocycles. The van der Waals surface area contributed by atoms with E-state index in [-0.39, 0.29) is 29.7 Å². The quantitative estimate of drug-likeness (QED) is 0.299. The molecule has 2 amide bonds. The number of carbonyl (C=O) groups is 2. The third-order valence-electron chi connectivity index (χ3n) is 6.11. The largest absolute Gasteiger partial charge is 0.416 e. The van der Waals surface area contributed by atoms with Crippen molar-refractivity contribution >= 4 is 17.6 Å². The van der Waals surface area contributed by atoms with Crippen LogP contribution in [-0.4, -0.2) is 41.2 Å². The van der Waals surface area contributed by atoms with Crippen LogP contribution in [0.4, 0.5) is 13.2 Å². The minimum absolute atomic E-state index is 0.130. The summed E-state index contributed by atoms with van der Waals surface area (Å²) >= 11 is 0. The summed E-state index contributed by atoms with van der Waals surface area (Å²) in [6, 6.07) is 7.36. The first-order valence-electron chi connectivity index (χ1n) is 10.9. The van der Waals surface area contributed by atoms with Gasteiger partial charge in [-0.15, -0.1) is 0 Å². The van der Waals surface area contributed by atoms with Crippen molar-refractivity contribution in [2.24, 2.45) is 22.4 Å². The number of nitrogens with two attached hydrogens (primary N) is 2. The highest BCUT2D eigenvalue weighted by molar-refractivity contribution is 6.21. The van der Waals surface area contributed by atoms with Crippen LogP contribution < -0.4 is 16.8 Å². The average molecular weight is 477 g/mol. The van der Waals surface area contributed by atoms with E-state index in [0.29, 0.717) is 38.0 Å². The van der Waals surface area contributed by atoms with Gasteiger partial charge in [0.1, 0.15) is 5.84 Å². The van der Waals surface area contributed by atoms with E-state index in [2.05, 4.69) is 16.4 Å². The molecule has 8 nitrogen and oxygen atoms in total. The van der Waals surface area contributed by atoms with E-state index < -0.39 is 23.2 Å². The van der Waals surface area contributed by atoms with Crippen molar-refractivity contribution in [3.8, 4) is 6.07 Å². The molecule has 1 aromatic carbocycles. The number of nitriles is 1. The molecule has 0 atom stereocenters. The molecular formula is C23H27F3N6O2. The summed E-state index contributed by atoms with van der Waals surface area (Å²) in [7, 11) is 0. The lowest BCUT2D eigenvalue weighted by Crippen LogP contribution is -2.51. The second-order valence-electron chi connectivity index (χ2n) is 8.77. The van der Waals surface area contributed by atoms with Crippen LogP contribution in [0.5, 0.6) is 0 Å². The SMILES string of the molecule is N#CCC1(N/C=C(/C(N)=O)C(N)=NC(=O)C2CC2)CCN(Cc2cccc(C(F)(F)F)c2)CC1. The lowest BCUT2D eigenvalue weighted by molar-refractivity contribution is -0.137. The van der Waals surface area contributed by atoms with Crippen molar-refractivity contribution in [2.75, 3.05) is 13.1 Å². The van der Waals surface area contributed by atoms with Crippen LogP contribution in [0, 0.1) is 17.2 Å². The number of benzene rings is 1. The van der Waals surface area contributed by atoms with Crippen LogP contribution in [0.25, 0.3) is 0 Å². The third-order valence-corrected chi connectivity index (χ3v) is 6.11. The topological polar surface area (TPSA) is 138 Å². The van der Waals surface area contributed by atoms with Gasteiger partial charge >= 0.3 is 6.18 Å². The maximum atomic E-state index is 13.0. The number of nitrogens with one attached hydrogen (secondary N) is 1. The minimum Gasteiger partial charge on any atom is -0.384 e. The van der Waals surface area contributed by atoms with Gasteiger partial charge in [0.15, 0.2) is 0 Å². The zero-order chi connectivity index (χ0) is 24.9. The Balaban J connectivity index is 1.67. The molecule has 2 fully saturated rings. The number of aliphatic imine (C=N–C) groups is 1. The van der Waals surface area contributed by atoms with Crippen molar-refractivity contribution in [1.29, 1.82) is 5.26 Å². The van der Waals surface area contributed by atoms with Crippen LogP contribution in [0.1, 0.15) is 43.2 Å². The summed E-state index contributed by atoms with van der Waals surface area (Å²) in [5.41, 5.74) is 10.3. The van der Waals surface area contributed by atoms with Gasteiger partial charge in [-0.05, 0) is 37.3 Å². The highest BCUT2D eigenvalue weighted by atomic mass is 19.4. The van der Waals surface area contributed by atoms with E-state index in [9.17, 15) is 28.0 Å². The van der Waals surface area contributed by atoms with Crippen molar-refractivity contribution in [2.45, 2.75) is 50.4 Å². The normalized spacial score (nSPS) is 19.4. The molecule has 0 spiro atoms. The molecule has 1 saturated heterocycles. The summed E-state index contributed by atoms with van der Waals surface area (Å²) in [5, 5.41) is 12.4. The van der Waals surface area contributed by atoms with Crippen LogP contribution in [0.2, 0.25) is 0 Å². The summed E-state index contributed by atoms with van der Waals surface area (Å²) in [6.45, 7) is 1.39. The van der Waals surface area contributed by atoms with Gasteiger partial charge < -0.3 is 16.8 Å². The second kappa shape index (κ2) is 10.3. The first-order valence-corrected chi connectivity index (χ1v) is 10.9. The maximum absolute atomic E-state index is 13.0. The summed E-state index contributed by atoms with van der Waals surface area (Å²) in [4.78, 5) is 29.6. The molecular weight excluding hydrogens is 449 g/mol. The fourth-order valence-electron chi connectivity index (χ4n) is 3.86. The zero-order valence-corrected chi connectivity index (χ0v) is 18.6. The van der Waals surface area contributed by atoms with Crippen molar-refractivity contribution in [1.82, 2.24) is 10.2 Å². The molecule has 3 rings (SSSR count). The number of halogens is 3. The molecule has 2 aliphatic rings. The highest BCUT2D eigenvalue weighted by Gasteiger charge is 2.35. The lowest BCUT2D eigenvalue weighted by atomic mass is 9.84. The Morgan fingerprint density at radius 1 is 1.26 bits per heavy atom. The fraction of sp³-hybridized carbons (Fsp3) is 0.478. The Morgan fingerprint density at radius 3 is 2.50 bits per heavy atom. The predicted octanol–water partition coefficient (Wildman–Crippen LogP) is 2.21. The van der Waals surface area contributed by atoms with Gasteiger partial charge in [-0.2, -0.15) is 23.4 Å². The van der Waals surface area contributed by atoms with Crippen LogP contribution in [-0.2, 0) is 22.3 Å². The van der Waals surface area contributed by atoms with Gasteiger partial charge in [-0.1, -0.05) is 18.2 Å². The van der Waals surface area contributed by atoms with Crippen molar-refractivity contribution in [3.05, 3.63) is 47.2 Å². The molecule has 0 unspecified atom stereocenters. The Hall–Kier alpha value is -3.39. The number of nitrogens with zero attached hydrogens (tertiary/aromatic N) is 3. The molecule has 11 heteroatoms. The lowest BCUT2D eigenvalue weighted by Gasteiger charge is -2.41. The van der Waals surface area contributed by atoms with Gasteiger partial charge in [0.25, 0.3) is 11.8 Å². The van der Waals surface area contributed by atoms with E-state index in [1.165, 1.54) is 12.3 Å². The molecule has 182 valence electrons. The van der Waals surface area contributed by atoms with E-state index in [1.807, 2.05) is 4.90 Å².